The van der Waals surface area contributed by atoms with Crippen LogP contribution in [0, 0.1) is 0 Å². The van der Waals surface area contributed by atoms with Crippen LogP contribution in [0.15, 0.2) is 72.8 Å². The van der Waals surface area contributed by atoms with Crippen LogP contribution in [0.5, 0.6) is 5.75 Å². The van der Waals surface area contributed by atoms with Gasteiger partial charge in [-0.3, -0.25) is 0 Å². The van der Waals surface area contributed by atoms with E-state index in [4.69, 9.17) is 4.74 Å². The predicted octanol–water partition coefficient (Wildman–Crippen LogP) is 3.76. The minimum atomic E-state index is -0.572. The van der Waals surface area contributed by atoms with E-state index in [1.165, 1.54) is 0 Å². The number of aromatic nitrogens is 1. The van der Waals surface area contributed by atoms with Gasteiger partial charge in [-0.25, -0.2) is 0 Å². The van der Waals surface area contributed by atoms with Crippen LogP contribution in [0.1, 0.15) is 0 Å². The average Bonchev–Trinajstić information content (AvgIpc) is 3.12. The van der Waals surface area contributed by atoms with Crippen LogP contribution >= 0.6 is 0 Å². The Kier molecular flexibility index (Phi) is 5.75. The summed E-state index contributed by atoms with van der Waals surface area (Å²) in [6.07, 6.45) is -0.572. The van der Waals surface area contributed by atoms with E-state index < -0.39 is 6.10 Å². The van der Waals surface area contributed by atoms with E-state index in [2.05, 4.69) is 27.8 Å². The van der Waals surface area contributed by atoms with Gasteiger partial charge < -0.3 is 25.5 Å². The third-order valence-electron chi connectivity index (χ3n) is 4.71. The number of H-pyrrole nitrogens is 1. The molecule has 0 amide bonds. The first-order valence-corrected chi connectivity index (χ1v) is 9.61. The lowest BCUT2D eigenvalue weighted by Gasteiger charge is -2.14. The summed E-state index contributed by atoms with van der Waals surface area (Å²) in [4.78, 5) is 3.41. The highest BCUT2D eigenvalue weighted by molar-refractivity contribution is 6.10. The number of ether oxygens (including phenoxy) is 1. The molecule has 1 unspecified atom stereocenters. The molecule has 3 aromatic carbocycles. The summed E-state index contributed by atoms with van der Waals surface area (Å²) in [7, 11) is 0. The van der Waals surface area contributed by atoms with Crippen molar-refractivity contribution in [2.45, 2.75) is 6.10 Å². The fraction of sp³-hybridized carbons (Fsp3) is 0.217. The van der Waals surface area contributed by atoms with Gasteiger partial charge in [0, 0.05) is 41.6 Å². The number of anilines is 1. The summed E-state index contributed by atoms with van der Waals surface area (Å²) >= 11 is 0. The molecule has 0 radical (unpaired) electrons. The van der Waals surface area contributed by atoms with Gasteiger partial charge in [-0.15, -0.1) is 0 Å². The Morgan fingerprint density at radius 3 is 2.54 bits per heavy atom. The maximum absolute atomic E-state index is 10.2. The van der Waals surface area contributed by atoms with Crippen molar-refractivity contribution in [2.24, 2.45) is 0 Å². The van der Waals surface area contributed by atoms with Crippen LogP contribution in [0.4, 0.5) is 5.69 Å². The van der Waals surface area contributed by atoms with Crippen molar-refractivity contribution in [3.63, 3.8) is 0 Å². The molecule has 0 fully saturated rings. The molecular weight excluding hydrogens is 350 g/mol. The number of rotatable bonds is 9. The molecule has 5 nitrogen and oxygen atoms in total. The molecule has 0 aliphatic carbocycles. The molecule has 28 heavy (non-hydrogen) atoms. The van der Waals surface area contributed by atoms with Crippen molar-refractivity contribution in [3.8, 4) is 5.75 Å². The average molecular weight is 375 g/mol. The van der Waals surface area contributed by atoms with Gasteiger partial charge in [-0.05, 0) is 30.3 Å². The number of fused-ring (bicyclic) bond motifs is 3. The first-order chi connectivity index (χ1) is 13.8. The Labute approximate surface area is 164 Å². The lowest BCUT2D eigenvalue weighted by Crippen LogP contribution is -2.34. The maximum atomic E-state index is 10.2. The molecule has 4 rings (SSSR count). The number of benzene rings is 3. The van der Waals surface area contributed by atoms with E-state index in [0.717, 1.165) is 46.3 Å². The molecule has 0 saturated carbocycles. The normalized spacial score (nSPS) is 12.3. The highest BCUT2D eigenvalue weighted by Gasteiger charge is 2.11. The Hall–Kier alpha value is -3.02. The van der Waals surface area contributed by atoms with Crippen LogP contribution in [0.2, 0.25) is 0 Å². The molecule has 5 heteroatoms. The minimum Gasteiger partial charge on any atom is -0.490 e. The molecule has 4 N–H and O–H groups in total. The molecule has 0 aliphatic rings. The summed E-state index contributed by atoms with van der Waals surface area (Å²) in [6, 6.07) is 24.2. The van der Waals surface area contributed by atoms with Gasteiger partial charge in [0.1, 0.15) is 18.5 Å². The number of para-hydroxylation sites is 2. The summed E-state index contributed by atoms with van der Waals surface area (Å²) in [6.45, 7) is 2.30. The molecular formula is C23H25N3O2. The highest BCUT2D eigenvalue weighted by Crippen LogP contribution is 2.32. The van der Waals surface area contributed by atoms with Crippen molar-refractivity contribution in [1.82, 2.24) is 10.3 Å². The quantitative estimate of drug-likeness (QED) is 0.336. The molecule has 1 aromatic heterocycles. The highest BCUT2D eigenvalue weighted by atomic mass is 16.5. The van der Waals surface area contributed by atoms with Gasteiger partial charge >= 0.3 is 0 Å². The van der Waals surface area contributed by atoms with Crippen LogP contribution < -0.4 is 15.4 Å². The fourth-order valence-corrected chi connectivity index (χ4v) is 3.35. The fourth-order valence-electron chi connectivity index (χ4n) is 3.35. The van der Waals surface area contributed by atoms with Crippen LogP contribution in [0.3, 0.4) is 0 Å². The summed E-state index contributed by atoms with van der Waals surface area (Å²) in [5.41, 5.74) is 3.22. The maximum Gasteiger partial charge on any atom is 0.129 e. The van der Waals surface area contributed by atoms with Gasteiger partial charge in [0.05, 0.1) is 5.52 Å². The third-order valence-corrected chi connectivity index (χ3v) is 4.71. The predicted molar refractivity (Wildman–Crippen MR) is 115 cm³/mol. The lowest BCUT2D eigenvalue weighted by atomic mass is 10.1. The van der Waals surface area contributed by atoms with Crippen molar-refractivity contribution in [1.29, 1.82) is 0 Å². The second kappa shape index (κ2) is 8.78. The molecule has 0 spiro atoms. The Morgan fingerprint density at radius 1 is 0.857 bits per heavy atom. The summed E-state index contributed by atoms with van der Waals surface area (Å²) in [5, 5.41) is 19.0. The zero-order valence-electron chi connectivity index (χ0n) is 15.7. The molecule has 144 valence electrons. The lowest BCUT2D eigenvalue weighted by molar-refractivity contribution is 0.108. The Balaban J connectivity index is 1.27. The largest absolute Gasteiger partial charge is 0.490 e. The molecule has 1 heterocycles. The molecule has 1 atom stereocenters. The molecule has 0 aliphatic heterocycles. The van der Waals surface area contributed by atoms with E-state index in [0.29, 0.717) is 6.54 Å². The monoisotopic (exact) mass is 375 g/mol. The number of hydrogen-bond acceptors (Lipinski definition) is 4. The Morgan fingerprint density at radius 2 is 1.64 bits per heavy atom. The standard InChI is InChI=1S/C23H25N3O2/c27-18(15-24-13-14-25-17-7-2-1-3-8-17)16-28-22-12-6-11-21-23(22)19-9-4-5-10-20(19)26-21/h1-12,18,24-27H,13-16H2. The van der Waals surface area contributed by atoms with E-state index >= 15 is 0 Å². The van der Waals surface area contributed by atoms with Gasteiger partial charge in [-0.2, -0.15) is 0 Å². The Bertz CT molecular complexity index is 1030. The molecule has 4 aromatic rings. The second-order valence-electron chi connectivity index (χ2n) is 6.81. The number of aromatic amines is 1. The second-order valence-corrected chi connectivity index (χ2v) is 6.81. The van der Waals surface area contributed by atoms with E-state index in [9.17, 15) is 5.11 Å². The summed E-state index contributed by atoms with van der Waals surface area (Å²) in [5.74, 6) is 0.791. The van der Waals surface area contributed by atoms with Crippen molar-refractivity contribution >= 4 is 27.5 Å². The van der Waals surface area contributed by atoms with Crippen LogP contribution in [-0.4, -0.2) is 42.4 Å². The topological polar surface area (TPSA) is 69.3 Å². The zero-order valence-corrected chi connectivity index (χ0v) is 15.7. The molecule has 0 saturated heterocycles. The zero-order chi connectivity index (χ0) is 19.2. The van der Waals surface area contributed by atoms with Gasteiger partial charge in [0.15, 0.2) is 0 Å². The first kappa shape index (κ1) is 18.3. The molecule has 0 bridgehead atoms. The van der Waals surface area contributed by atoms with Crippen molar-refractivity contribution in [3.05, 3.63) is 72.8 Å². The van der Waals surface area contributed by atoms with Gasteiger partial charge in [0.25, 0.3) is 0 Å². The van der Waals surface area contributed by atoms with Gasteiger partial charge in [0.2, 0.25) is 0 Å². The third kappa shape index (κ3) is 4.27. The van der Waals surface area contributed by atoms with Gasteiger partial charge in [-0.1, -0.05) is 42.5 Å². The number of aliphatic hydroxyl groups excluding tert-OH is 1. The summed E-state index contributed by atoms with van der Waals surface area (Å²) < 4.78 is 5.95. The van der Waals surface area contributed by atoms with Crippen LogP contribution in [-0.2, 0) is 0 Å². The van der Waals surface area contributed by atoms with E-state index in [-0.39, 0.29) is 6.61 Å². The number of aliphatic hydroxyl groups is 1. The number of nitrogens with one attached hydrogen (secondary N) is 3. The minimum absolute atomic E-state index is 0.248. The SMILES string of the molecule is OC(CNCCNc1ccccc1)COc1cccc2[nH]c3ccccc3c12. The number of hydrogen-bond donors (Lipinski definition) is 4. The van der Waals surface area contributed by atoms with E-state index in [1.54, 1.807) is 0 Å². The van der Waals surface area contributed by atoms with Crippen molar-refractivity contribution < 1.29 is 9.84 Å². The smallest absolute Gasteiger partial charge is 0.129 e. The first-order valence-electron chi connectivity index (χ1n) is 9.61. The van der Waals surface area contributed by atoms with Crippen LogP contribution in [0.25, 0.3) is 21.8 Å². The van der Waals surface area contributed by atoms with Crippen molar-refractivity contribution in [2.75, 3.05) is 31.6 Å². The van der Waals surface area contributed by atoms with E-state index in [1.807, 2.05) is 60.7 Å².